The van der Waals surface area contributed by atoms with Crippen LogP contribution in [0.2, 0.25) is 0 Å². The van der Waals surface area contributed by atoms with Gasteiger partial charge < -0.3 is 10.2 Å². The molecule has 2 aromatic rings. The van der Waals surface area contributed by atoms with Gasteiger partial charge in [-0.2, -0.15) is 0 Å². The van der Waals surface area contributed by atoms with Crippen LogP contribution in [0.1, 0.15) is 34.6 Å². The maximum Gasteiger partial charge on any atom is 0.261 e. The fourth-order valence-electron chi connectivity index (χ4n) is 2.44. The Morgan fingerprint density at radius 1 is 1.29 bits per heavy atom. The zero-order valence-corrected chi connectivity index (χ0v) is 13.5. The first-order valence-electron chi connectivity index (χ1n) is 7.34. The van der Waals surface area contributed by atoms with Crippen LogP contribution in [0.4, 0.5) is 5.13 Å². The second kappa shape index (κ2) is 7.04. The lowest BCUT2D eigenvalue weighted by atomic mass is 10.1. The first kappa shape index (κ1) is 14.5. The summed E-state index contributed by atoms with van der Waals surface area (Å²) in [5.74, 6) is 0.0106. The summed E-state index contributed by atoms with van der Waals surface area (Å²) in [6.45, 7) is 2.89. The first-order chi connectivity index (χ1) is 10.3. The van der Waals surface area contributed by atoms with Crippen molar-refractivity contribution in [3.63, 3.8) is 0 Å². The Kier molecular flexibility index (Phi) is 4.87. The van der Waals surface area contributed by atoms with Crippen molar-refractivity contribution in [1.29, 1.82) is 0 Å². The van der Waals surface area contributed by atoms with Gasteiger partial charge in [-0.05, 0) is 30.7 Å². The molecule has 6 heteroatoms. The Morgan fingerprint density at radius 3 is 2.90 bits per heavy atom. The molecule has 0 bridgehead atoms. The molecule has 0 spiro atoms. The molecule has 1 aliphatic rings. The van der Waals surface area contributed by atoms with E-state index in [1.807, 2.05) is 17.5 Å². The van der Waals surface area contributed by atoms with Gasteiger partial charge in [-0.15, -0.1) is 22.7 Å². The Morgan fingerprint density at radius 2 is 2.14 bits per heavy atom. The summed E-state index contributed by atoms with van der Waals surface area (Å²) < 4.78 is 0. The third-order valence-electron chi connectivity index (χ3n) is 3.58. The molecule has 112 valence electrons. The molecule has 3 heterocycles. The van der Waals surface area contributed by atoms with E-state index in [9.17, 15) is 4.79 Å². The van der Waals surface area contributed by atoms with Crippen molar-refractivity contribution in [2.45, 2.75) is 25.7 Å². The molecule has 1 amide bonds. The number of aromatic nitrogens is 1. The number of carbonyl (C=O) groups excluding carboxylic acids is 1. The van der Waals surface area contributed by atoms with Crippen LogP contribution in [0.15, 0.2) is 22.9 Å². The number of carbonyl (C=O) groups is 1. The second-order valence-corrected chi connectivity index (χ2v) is 6.94. The van der Waals surface area contributed by atoms with Gasteiger partial charge in [-0.3, -0.25) is 4.79 Å². The number of rotatable bonds is 5. The predicted octanol–water partition coefficient (Wildman–Crippen LogP) is 3.17. The Balaban J connectivity index is 1.47. The van der Waals surface area contributed by atoms with Crippen molar-refractivity contribution >= 4 is 33.7 Å². The number of anilines is 1. The number of thiazole rings is 1. The second-order valence-electron chi connectivity index (χ2n) is 5.15. The van der Waals surface area contributed by atoms with E-state index in [4.69, 9.17) is 0 Å². The number of hydrogen-bond donors (Lipinski definition) is 1. The van der Waals surface area contributed by atoms with Crippen molar-refractivity contribution in [2.24, 2.45) is 0 Å². The van der Waals surface area contributed by atoms with Gasteiger partial charge in [0.15, 0.2) is 5.13 Å². The number of thiophene rings is 1. The summed E-state index contributed by atoms with van der Waals surface area (Å²) in [7, 11) is 0. The molecule has 21 heavy (non-hydrogen) atoms. The van der Waals surface area contributed by atoms with Crippen LogP contribution in [0.25, 0.3) is 0 Å². The van der Waals surface area contributed by atoms with Crippen LogP contribution in [-0.2, 0) is 6.42 Å². The summed E-state index contributed by atoms with van der Waals surface area (Å²) in [6, 6.07) is 3.74. The molecule has 4 nitrogen and oxygen atoms in total. The SMILES string of the molecule is O=C(NCCc1csc(N2CCCCC2)n1)c1cccs1. The van der Waals surface area contributed by atoms with E-state index >= 15 is 0 Å². The lowest BCUT2D eigenvalue weighted by Crippen LogP contribution is -2.29. The van der Waals surface area contributed by atoms with E-state index in [0.29, 0.717) is 6.54 Å². The van der Waals surface area contributed by atoms with Crippen molar-refractivity contribution in [1.82, 2.24) is 10.3 Å². The molecule has 1 aliphatic heterocycles. The summed E-state index contributed by atoms with van der Waals surface area (Å²) in [4.78, 5) is 19.7. The minimum atomic E-state index is 0.0106. The number of nitrogens with zero attached hydrogens (tertiary/aromatic N) is 2. The highest BCUT2D eigenvalue weighted by Crippen LogP contribution is 2.24. The largest absolute Gasteiger partial charge is 0.351 e. The highest BCUT2D eigenvalue weighted by Gasteiger charge is 2.14. The quantitative estimate of drug-likeness (QED) is 0.920. The van der Waals surface area contributed by atoms with Gasteiger partial charge >= 0.3 is 0 Å². The normalized spacial score (nSPS) is 15.1. The first-order valence-corrected chi connectivity index (χ1v) is 9.10. The molecule has 0 saturated carbocycles. The fourth-order valence-corrected chi connectivity index (χ4v) is 3.99. The van der Waals surface area contributed by atoms with E-state index < -0.39 is 0 Å². The molecule has 0 unspecified atom stereocenters. The zero-order chi connectivity index (χ0) is 14.5. The number of amides is 1. The summed E-state index contributed by atoms with van der Waals surface area (Å²) in [5, 5.41) is 8.11. The Hall–Kier alpha value is -1.40. The molecule has 2 aromatic heterocycles. The molecule has 1 saturated heterocycles. The van der Waals surface area contributed by atoms with E-state index in [-0.39, 0.29) is 5.91 Å². The van der Waals surface area contributed by atoms with Gasteiger partial charge in [0, 0.05) is 31.4 Å². The highest BCUT2D eigenvalue weighted by atomic mass is 32.1. The van der Waals surface area contributed by atoms with E-state index in [1.165, 1.54) is 30.6 Å². The van der Waals surface area contributed by atoms with Crippen molar-refractivity contribution in [3.05, 3.63) is 33.5 Å². The number of hydrogen-bond acceptors (Lipinski definition) is 5. The van der Waals surface area contributed by atoms with Crippen LogP contribution < -0.4 is 10.2 Å². The summed E-state index contributed by atoms with van der Waals surface area (Å²) in [6.07, 6.45) is 4.67. The van der Waals surface area contributed by atoms with Crippen molar-refractivity contribution < 1.29 is 4.79 Å². The van der Waals surface area contributed by atoms with Crippen molar-refractivity contribution in [3.8, 4) is 0 Å². The van der Waals surface area contributed by atoms with Crippen molar-refractivity contribution in [2.75, 3.05) is 24.5 Å². The van der Waals surface area contributed by atoms with E-state index in [0.717, 1.165) is 35.2 Å². The molecule has 0 aliphatic carbocycles. The van der Waals surface area contributed by atoms with Gasteiger partial charge in [0.25, 0.3) is 5.91 Å². The van der Waals surface area contributed by atoms with Gasteiger partial charge in [-0.25, -0.2) is 4.98 Å². The van der Waals surface area contributed by atoms with Gasteiger partial charge in [0.05, 0.1) is 10.6 Å². The lowest BCUT2D eigenvalue weighted by molar-refractivity contribution is 0.0958. The van der Waals surface area contributed by atoms with Crippen LogP contribution >= 0.6 is 22.7 Å². The molecule has 0 radical (unpaired) electrons. The predicted molar refractivity (Wildman–Crippen MR) is 88.5 cm³/mol. The third-order valence-corrected chi connectivity index (χ3v) is 5.40. The van der Waals surface area contributed by atoms with Gasteiger partial charge in [0.1, 0.15) is 0 Å². The standard InChI is InChI=1S/C15H19N3OS2/c19-14(13-5-4-10-20-13)16-7-6-12-11-21-15(17-12)18-8-2-1-3-9-18/h4-5,10-11H,1-3,6-9H2,(H,16,19). The molecule has 1 N–H and O–H groups in total. The molecule has 1 fully saturated rings. The molecular weight excluding hydrogens is 302 g/mol. The van der Waals surface area contributed by atoms with E-state index in [2.05, 4.69) is 20.6 Å². The number of piperidine rings is 1. The lowest BCUT2D eigenvalue weighted by Gasteiger charge is -2.25. The van der Waals surface area contributed by atoms with Gasteiger partial charge in [0.2, 0.25) is 0 Å². The molecule has 0 aromatic carbocycles. The summed E-state index contributed by atoms with van der Waals surface area (Å²) >= 11 is 3.18. The molecule has 0 atom stereocenters. The maximum absolute atomic E-state index is 11.8. The minimum absolute atomic E-state index is 0.0106. The average Bonchev–Trinajstić information content (AvgIpc) is 3.20. The van der Waals surface area contributed by atoms with Crippen LogP contribution in [0.5, 0.6) is 0 Å². The minimum Gasteiger partial charge on any atom is -0.351 e. The average molecular weight is 321 g/mol. The van der Waals surface area contributed by atoms with Crippen LogP contribution in [0.3, 0.4) is 0 Å². The molecule has 3 rings (SSSR count). The maximum atomic E-state index is 11.8. The monoisotopic (exact) mass is 321 g/mol. The van der Waals surface area contributed by atoms with E-state index in [1.54, 1.807) is 11.3 Å². The van der Waals surface area contributed by atoms with Crippen LogP contribution in [0, 0.1) is 0 Å². The zero-order valence-electron chi connectivity index (χ0n) is 11.9. The summed E-state index contributed by atoms with van der Waals surface area (Å²) in [5.41, 5.74) is 1.08. The Labute approximate surface area is 132 Å². The third kappa shape index (κ3) is 3.83. The smallest absolute Gasteiger partial charge is 0.261 e. The van der Waals surface area contributed by atoms with Crippen LogP contribution in [-0.4, -0.2) is 30.5 Å². The molecular formula is C15H19N3OS2. The topological polar surface area (TPSA) is 45.2 Å². The Bertz CT molecular complexity index is 574. The number of nitrogens with one attached hydrogen (secondary N) is 1. The highest BCUT2D eigenvalue weighted by molar-refractivity contribution is 7.13. The van der Waals surface area contributed by atoms with Gasteiger partial charge in [-0.1, -0.05) is 6.07 Å². The fraction of sp³-hybridized carbons (Fsp3) is 0.467.